The molecule has 0 radical (unpaired) electrons. The summed E-state index contributed by atoms with van der Waals surface area (Å²) in [5.41, 5.74) is 0. The number of nitrogens with one attached hydrogen (secondary N) is 1. The first kappa shape index (κ1) is 13.4. The van der Waals surface area contributed by atoms with Crippen molar-refractivity contribution in [1.82, 2.24) is 19.8 Å². The molecular formula is C12H18N4O3. The Morgan fingerprint density at radius 3 is 2.79 bits per heavy atom. The molecule has 0 saturated carbocycles. The molecule has 2 N–H and O–H groups in total. The average Bonchev–Trinajstić information content (AvgIpc) is 2.92. The second-order valence-corrected chi connectivity index (χ2v) is 4.94. The lowest BCUT2D eigenvalue weighted by Gasteiger charge is -2.16. The second-order valence-electron chi connectivity index (χ2n) is 4.94. The maximum absolute atomic E-state index is 12.0. The Kier molecular flexibility index (Phi) is 3.73. The summed E-state index contributed by atoms with van der Waals surface area (Å²) >= 11 is 0. The van der Waals surface area contributed by atoms with Crippen LogP contribution in [0.1, 0.15) is 12.7 Å². The first-order chi connectivity index (χ1) is 8.99. The van der Waals surface area contributed by atoms with Gasteiger partial charge in [-0.1, -0.05) is 6.92 Å². The largest absolute Gasteiger partial charge is 0.481 e. The van der Waals surface area contributed by atoms with Crippen LogP contribution in [-0.4, -0.2) is 44.6 Å². The van der Waals surface area contributed by atoms with E-state index in [0.717, 1.165) is 5.82 Å². The van der Waals surface area contributed by atoms with E-state index in [1.54, 1.807) is 17.3 Å². The molecule has 104 valence electrons. The number of likely N-dealkylation sites (tertiary alicyclic amines) is 1. The van der Waals surface area contributed by atoms with Crippen LogP contribution in [0.5, 0.6) is 0 Å². The van der Waals surface area contributed by atoms with E-state index in [0.29, 0.717) is 13.1 Å². The first-order valence-electron chi connectivity index (χ1n) is 6.21. The van der Waals surface area contributed by atoms with Crippen molar-refractivity contribution in [3.8, 4) is 0 Å². The van der Waals surface area contributed by atoms with Gasteiger partial charge in [-0.3, -0.25) is 4.79 Å². The Morgan fingerprint density at radius 1 is 1.53 bits per heavy atom. The number of amides is 2. The van der Waals surface area contributed by atoms with Gasteiger partial charge in [-0.25, -0.2) is 9.78 Å². The van der Waals surface area contributed by atoms with Gasteiger partial charge in [0, 0.05) is 32.5 Å². The molecule has 1 aromatic heterocycles. The number of carbonyl (C=O) groups excluding carboxylic acids is 1. The van der Waals surface area contributed by atoms with E-state index in [-0.39, 0.29) is 18.5 Å². The van der Waals surface area contributed by atoms with E-state index in [2.05, 4.69) is 10.3 Å². The van der Waals surface area contributed by atoms with Crippen LogP contribution in [0.15, 0.2) is 12.4 Å². The van der Waals surface area contributed by atoms with E-state index >= 15 is 0 Å². The number of aryl methyl sites for hydroxylation is 1. The Balaban J connectivity index is 1.88. The SMILES string of the molecule is CC1CN(C(=O)NCc2nccn2C)CC1C(=O)O. The summed E-state index contributed by atoms with van der Waals surface area (Å²) in [6, 6.07) is -0.237. The van der Waals surface area contributed by atoms with Gasteiger partial charge in [0.2, 0.25) is 0 Å². The van der Waals surface area contributed by atoms with Crippen LogP contribution in [-0.2, 0) is 18.4 Å². The molecular weight excluding hydrogens is 248 g/mol. The van der Waals surface area contributed by atoms with Crippen LogP contribution < -0.4 is 5.32 Å². The van der Waals surface area contributed by atoms with E-state index in [1.165, 1.54) is 0 Å². The molecule has 2 heterocycles. The molecule has 0 spiro atoms. The van der Waals surface area contributed by atoms with Crippen LogP contribution in [0.3, 0.4) is 0 Å². The third-order valence-electron chi connectivity index (χ3n) is 3.54. The first-order valence-corrected chi connectivity index (χ1v) is 6.21. The van der Waals surface area contributed by atoms with Gasteiger partial charge in [0.15, 0.2) is 0 Å². The number of nitrogens with zero attached hydrogens (tertiary/aromatic N) is 3. The van der Waals surface area contributed by atoms with Crippen LogP contribution in [0.4, 0.5) is 4.79 Å². The summed E-state index contributed by atoms with van der Waals surface area (Å²) < 4.78 is 1.83. The Bertz CT molecular complexity index is 485. The highest BCUT2D eigenvalue weighted by molar-refractivity contribution is 5.77. The molecule has 2 amide bonds. The summed E-state index contributed by atoms with van der Waals surface area (Å²) in [6.07, 6.45) is 3.47. The van der Waals surface area contributed by atoms with Crippen molar-refractivity contribution >= 4 is 12.0 Å². The highest BCUT2D eigenvalue weighted by Gasteiger charge is 2.36. The zero-order valence-electron chi connectivity index (χ0n) is 11.0. The fraction of sp³-hybridized carbons (Fsp3) is 0.583. The Labute approximate surface area is 111 Å². The summed E-state index contributed by atoms with van der Waals surface area (Å²) in [7, 11) is 1.85. The van der Waals surface area contributed by atoms with Gasteiger partial charge in [-0.2, -0.15) is 0 Å². The molecule has 2 rings (SSSR count). The third kappa shape index (κ3) is 2.86. The number of urea groups is 1. The van der Waals surface area contributed by atoms with Gasteiger partial charge in [0.25, 0.3) is 0 Å². The fourth-order valence-electron chi connectivity index (χ4n) is 2.29. The number of carboxylic acids is 1. The topological polar surface area (TPSA) is 87.5 Å². The van der Waals surface area contributed by atoms with E-state index in [4.69, 9.17) is 5.11 Å². The summed E-state index contributed by atoms with van der Waals surface area (Å²) in [5, 5.41) is 11.8. The quantitative estimate of drug-likeness (QED) is 0.822. The molecule has 7 heteroatoms. The monoisotopic (exact) mass is 266 g/mol. The van der Waals surface area contributed by atoms with Crippen molar-refractivity contribution in [2.75, 3.05) is 13.1 Å². The standard InChI is InChI=1S/C12H18N4O3/c1-8-6-16(7-9(8)11(17)18)12(19)14-5-10-13-3-4-15(10)2/h3-4,8-9H,5-7H2,1-2H3,(H,14,19)(H,17,18). The molecule has 2 atom stereocenters. The van der Waals surface area contributed by atoms with E-state index < -0.39 is 11.9 Å². The normalized spacial score (nSPS) is 22.5. The number of aromatic nitrogens is 2. The predicted molar refractivity (Wildman–Crippen MR) is 67.3 cm³/mol. The van der Waals surface area contributed by atoms with Crippen LogP contribution in [0.25, 0.3) is 0 Å². The molecule has 2 unspecified atom stereocenters. The van der Waals surface area contributed by atoms with Gasteiger partial charge in [-0.05, 0) is 5.92 Å². The number of carboxylic acid groups (broad SMARTS) is 1. The van der Waals surface area contributed by atoms with Crippen molar-refractivity contribution in [3.63, 3.8) is 0 Å². The molecule has 0 aromatic carbocycles. The lowest BCUT2D eigenvalue weighted by molar-refractivity contribution is -0.142. The Hall–Kier alpha value is -2.05. The molecule has 1 aliphatic heterocycles. The Morgan fingerprint density at radius 2 is 2.26 bits per heavy atom. The molecule has 19 heavy (non-hydrogen) atoms. The molecule has 7 nitrogen and oxygen atoms in total. The van der Waals surface area contributed by atoms with Crippen LogP contribution >= 0.6 is 0 Å². The van der Waals surface area contributed by atoms with Crippen molar-refractivity contribution in [3.05, 3.63) is 18.2 Å². The maximum atomic E-state index is 12.0. The number of hydrogen-bond acceptors (Lipinski definition) is 3. The van der Waals surface area contributed by atoms with Gasteiger partial charge >= 0.3 is 12.0 Å². The minimum Gasteiger partial charge on any atom is -0.481 e. The van der Waals surface area contributed by atoms with Crippen molar-refractivity contribution in [1.29, 1.82) is 0 Å². The predicted octanol–water partition coefficient (Wildman–Crippen LogP) is 0.282. The van der Waals surface area contributed by atoms with E-state index in [9.17, 15) is 9.59 Å². The highest BCUT2D eigenvalue weighted by atomic mass is 16.4. The summed E-state index contributed by atoms with van der Waals surface area (Å²) in [5.74, 6) is -0.572. The van der Waals surface area contributed by atoms with Gasteiger partial charge in [0.1, 0.15) is 5.82 Å². The van der Waals surface area contributed by atoms with Gasteiger partial charge in [0.05, 0.1) is 12.5 Å². The van der Waals surface area contributed by atoms with Crippen molar-refractivity contribution < 1.29 is 14.7 Å². The third-order valence-corrected chi connectivity index (χ3v) is 3.54. The molecule has 0 bridgehead atoms. The van der Waals surface area contributed by atoms with Crippen molar-refractivity contribution in [2.24, 2.45) is 18.9 Å². The van der Waals surface area contributed by atoms with Gasteiger partial charge in [-0.15, -0.1) is 0 Å². The average molecular weight is 266 g/mol. The molecule has 1 aromatic rings. The fourth-order valence-corrected chi connectivity index (χ4v) is 2.29. The molecule has 0 aliphatic carbocycles. The minimum atomic E-state index is -0.841. The summed E-state index contributed by atoms with van der Waals surface area (Å²) in [4.78, 5) is 28.6. The number of carbonyl (C=O) groups is 2. The number of imidazole rings is 1. The zero-order chi connectivity index (χ0) is 14.0. The molecule has 1 fully saturated rings. The highest BCUT2D eigenvalue weighted by Crippen LogP contribution is 2.22. The maximum Gasteiger partial charge on any atom is 0.317 e. The van der Waals surface area contributed by atoms with Crippen LogP contribution in [0.2, 0.25) is 0 Å². The summed E-state index contributed by atoms with van der Waals surface area (Å²) in [6.45, 7) is 2.93. The van der Waals surface area contributed by atoms with Crippen LogP contribution in [0, 0.1) is 11.8 Å². The van der Waals surface area contributed by atoms with E-state index in [1.807, 2.05) is 18.5 Å². The lowest BCUT2D eigenvalue weighted by Crippen LogP contribution is -2.39. The smallest absolute Gasteiger partial charge is 0.317 e. The second kappa shape index (κ2) is 5.29. The number of rotatable bonds is 3. The van der Waals surface area contributed by atoms with Gasteiger partial charge < -0.3 is 19.9 Å². The number of hydrogen-bond donors (Lipinski definition) is 2. The zero-order valence-corrected chi connectivity index (χ0v) is 11.0. The van der Waals surface area contributed by atoms with Crippen molar-refractivity contribution in [2.45, 2.75) is 13.5 Å². The number of aliphatic carboxylic acids is 1. The lowest BCUT2D eigenvalue weighted by atomic mass is 9.99. The minimum absolute atomic E-state index is 0.0172. The molecule has 1 aliphatic rings. The molecule has 1 saturated heterocycles.